The van der Waals surface area contributed by atoms with E-state index in [1.165, 1.54) is 28.0 Å². The molecule has 1 unspecified atom stereocenters. The molecule has 0 radical (unpaired) electrons. The average Bonchev–Trinajstić information content (AvgIpc) is 3.17. The number of benzene rings is 1. The number of hydrogen-bond acceptors (Lipinski definition) is 5. The molecule has 0 saturated heterocycles. The van der Waals surface area contributed by atoms with Crippen LogP contribution >= 0.6 is 11.6 Å². The number of nitrogens with zero attached hydrogens (tertiary/aromatic N) is 4. The molecule has 166 valence electrons. The second kappa shape index (κ2) is 8.60. The number of carbonyl (C=O) groups is 1. The number of carbonyl (C=O) groups excluding carboxylic acids is 1. The molecule has 2 heterocycles. The number of nitrogens with two attached hydrogens (primary N) is 2. The van der Waals surface area contributed by atoms with E-state index in [2.05, 4.69) is 5.10 Å². The molecule has 12 heteroatoms. The summed E-state index contributed by atoms with van der Waals surface area (Å²) in [4.78, 5) is 14.1. The van der Waals surface area contributed by atoms with Crippen molar-refractivity contribution in [1.29, 1.82) is 0 Å². The molecule has 0 spiro atoms. The molecule has 0 fully saturated rings. The molecule has 0 aliphatic carbocycles. The minimum Gasteiger partial charge on any atom is -0.399 e. The quantitative estimate of drug-likeness (QED) is 0.407. The predicted octanol–water partition coefficient (Wildman–Crippen LogP) is 3.43. The van der Waals surface area contributed by atoms with Gasteiger partial charge in [0.15, 0.2) is 5.82 Å². The topological polar surface area (TPSA) is 93.4 Å². The highest BCUT2D eigenvalue weighted by Crippen LogP contribution is 2.37. The van der Waals surface area contributed by atoms with Gasteiger partial charge < -0.3 is 10.6 Å². The number of alkyl halides is 4. The maximum atomic E-state index is 13.1. The van der Waals surface area contributed by atoms with E-state index in [-0.39, 0.29) is 17.8 Å². The van der Waals surface area contributed by atoms with Crippen LogP contribution in [0.25, 0.3) is 0 Å². The van der Waals surface area contributed by atoms with Gasteiger partial charge >= 0.3 is 6.18 Å². The molecule has 3 rings (SSSR count). The van der Waals surface area contributed by atoms with Crippen LogP contribution in [-0.4, -0.2) is 33.3 Å². The fraction of sp³-hybridized carbons (Fsp3) is 0.263. The van der Waals surface area contributed by atoms with Gasteiger partial charge in [-0.3, -0.25) is 14.5 Å². The van der Waals surface area contributed by atoms with Crippen LogP contribution in [0.4, 0.5) is 23.4 Å². The van der Waals surface area contributed by atoms with Crippen molar-refractivity contribution >= 4 is 23.3 Å². The van der Waals surface area contributed by atoms with Crippen LogP contribution in [0.3, 0.4) is 0 Å². The first-order valence-electron chi connectivity index (χ1n) is 9.06. The molecule has 1 atom stereocenters. The van der Waals surface area contributed by atoms with Crippen molar-refractivity contribution in [3.8, 4) is 0 Å². The van der Waals surface area contributed by atoms with E-state index in [4.69, 9.17) is 23.2 Å². The van der Waals surface area contributed by atoms with Crippen LogP contribution in [0.2, 0.25) is 5.02 Å². The van der Waals surface area contributed by atoms with E-state index < -0.39 is 35.4 Å². The Morgan fingerprint density at radius 2 is 2.03 bits per heavy atom. The van der Waals surface area contributed by atoms with Gasteiger partial charge in [0.25, 0.3) is 5.91 Å². The summed E-state index contributed by atoms with van der Waals surface area (Å²) in [6.45, 7) is 1.06. The van der Waals surface area contributed by atoms with Crippen molar-refractivity contribution < 1.29 is 22.4 Å². The van der Waals surface area contributed by atoms with Crippen LogP contribution in [0, 0.1) is 0 Å². The summed E-state index contributed by atoms with van der Waals surface area (Å²) < 4.78 is 53.2. The number of rotatable bonds is 5. The van der Waals surface area contributed by atoms with Crippen molar-refractivity contribution in [2.45, 2.75) is 25.7 Å². The molecule has 4 N–H and O–H groups in total. The number of amides is 1. The third-order valence-electron chi connectivity index (χ3n) is 4.77. The number of hydrazine groups is 1. The Labute approximate surface area is 180 Å². The Kier molecular flexibility index (Phi) is 6.27. The molecule has 31 heavy (non-hydrogen) atoms. The Balaban J connectivity index is 1.87. The van der Waals surface area contributed by atoms with E-state index in [9.17, 15) is 22.4 Å². The summed E-state index contributed by atoms with van der Waals surface area (Å²) in [5.41, 5.74) is 5.28. The van der Waals surface area contributed by atoms with Gasteiger partial charge in [0, 0.05) is 18.5 Å². The van der Waals surface area contributed by atoms with Crippen molar-refractivity contribution in [3.05, 3.63) is 70.3 Å². The molecule has 0 bridgehead atoms. The molecular weight excluding hydrogens is 440 g/mol. The number of aromatic nitrogens is 2. The Morgan fingerprint density at radius 3 is 2.68 bits per heavy atom. The van der Waals surface area contributed by atoms with Gasteiger partial charge in [0.05, 0.1) is 40.1 Å². The summed E-state index contributed by atoms with van der Waals surface area (Å²) in [5, 5.41) is 4.62. The Bertz CT molecular complexity index is 1050. The summed E-state index contributed by atoms with van der Waals surface area (Å²) in [7, 11) is 0. The Hall–Kier alpha value is -3.05. The molecule has 1 amide bonds. The Morgan fingerprint density at radius 1 is 1.32 bits per heavy atom. The molecule has 1 aromatic carbocycles. The van der Waals surface area contributed by atoms with Gasteiger partial charge in [-0.2, -0.15) is 18.3 Å². The zero-order chi connectivity index (χ0) is 22.9. The lowest BCUT2D eigenvalue weighted by Crippen LogP contribution is -2.44. The number of aryl methyl sites for hydroxylation is 1. The van der Waals surface area contributed by atoms with Gasteiger partial charge in [-0.25, -0.2) is 10.2 Å². The smallest absolute Gasteiger partial charge is 0.399 e. The number of hydrogen-bond donors (Lipinski definition) is 2. The normalized spacial score (nSPS) is 16.7. The van der Waals surface area contributed by atoms with E-state index in [1.54, 1.807) is 19.2 Å². The van der Waals surface area contributed by atoms with Gasteiger partial charge in [0.1, 0.15) is 6.67 Å². The minimum atomic E-state index is -4.70. The standard InChI is InChI=1S/C19H19ClF4N6O/c1-11-17(25)14(30(26)15-6-8-28(27-15)10-7-21)5-9-29(11)18(31)12-3-2-4-13(16(12)20)19(22,23)24/h2-6,8-9,11H,7,10,25-26H2,1H3. The van der Waals surface area contributed by atoms with Gasteiger partial charge in [0.2, 0.25) is 0 Å². The number of anilines is 1. The summed E-state index contributed by atoms with van der Waals surface area (Å²) in [6, 6.07) is 3.95. The molecule has 2 aromatic rings. The third-order valence-corrected chi connectivity index (χ3v) is 5.18. The van der Waals surface area contributed by atoms with Crippen LogP contribution in [0.5, 0.6) is 0 Å². The molecular formula is C19H19ClF4N6O. The van der Waals surface area contributed by atoms with Crippen molar-refractivity contribution in [1.82, 2.24) is 14.7 Å². The monoisotopic (exact) mass is 458 g/mol. The van der Waals surface area contributed by atoms with Crippen molar-refractivity contribution in [2.75, 3.05) is 11.7 Å². The highest BCUT2D eigenvalue weighted by atomic mass is 35.5. The lowest BCUT2D eigenvalue weighted by atomic mass is 10.0. The minimum absolute atomic E-state index is 0.0641. The number of halogens is 5. The maximum absolute atomic E-state index is 13.1. The van der Waals surface area contributed by atoms with Gasteiger partial charge in [-0.05, 0) is 25.1 Å². The van der Waals surface area contributed by atoms with Gasteiger partial charge in [-0.15, -0.1) is 0 Å². The largest absolute Gasteiger partial charge is 0.417 e. The predicted molar refractivity (Wildman–Crippen MR) is 107 cm³/mol. The summed E-state index contributed by atoms with van der Waals surface area (Å²) in [6.07, 6.45) is -0.363. The fourth-order valence-electron chi connectivity index (χ4n) is 3.07. The van der Waals surface area contributed by atoms with Crippen molar-refractivity contribution in [3.63, 3.8) is 0 Å². The zero-order valence-electron chi connectivity index (χ0n) is 16.3. The lowest BCUT2D eigenvalue weighted by molar-refractivity contribution is -0.137. The summed E-state index contributed by atoms with van der Waals surface area (Å²) in [5.74, 6) is 5.62. The summed E-state index contributed by atoms with van der Waals surface area (Å²) >= 11 is 5.88. The zero-order valence-corrected chi connectivity index (χ0v) is 17.0. The SMILES string of the molecule is CC1C(N)=C(N(N)c2ccn(CCF)n2)C=CN1C(=O)c1cccc(C(F)(F)F)c1Cl. The van der Waals surface area contributed by atoms with Crippen LogP contribution < -0.4 is 16.6 Å². The van der Waals surface area contributed by atoms with E-state index >= 15 is 0 Å². The van der Waals surface area contributed by atoms with Crippen molar-refractivity contribution in [2.24, 2.45) is 11.6 Å². The second-order valence-corrected chi connectivity index (χ2v) is 7.08. The molecule has 1 aromatic heterocycles. The molecule has 1 aliphatic rings. The maximum Gasteiger partial charge on any atom is 0.417 e. The first kappa shape index (κ1) is 22.6. The first-order valence-corrected chi connectivity index (χ1v) is 9.44. The van der Waals surface area contributed by atoms with Crippen LogP contribution in [-0.2, 0) is 12.7 Å². The number of allylic oxidation sites excluding steroid dienone is 1. The average molecular weight is 459 g/mol. The lowest BCUT2D eigenvalue weighted by Gasteiger charge is -2.33. The third kappa shape index (κ3) is 4.37. The highest BCUT2D eigenvalue weighted by molar-refractivity contribution is 6.34. The van der Waals surface area contributed by atoms with E-state index in [0.717, 1.165) is 17.0 Å². The van der Waals surface area contributed by atoms with E-state index in [0.29, 0.717) is 11.5 Å². The van der Waals surface area contributed by atoms with Crippen LogP contribution in [0.1, 0.15) is 22.8 Å². The first-order chi connectivity index (χ1) is 14.6. The molecule has 0 saturated carbocycles. The highest BCUT2D eigenvalue weighted by Gasteiger charge is 2.36. The molecule has 1 aliphatic heterocycles. The molecule has 7 nitrogen and oxygen atoms in total. The van der Waals surface area contributed by atoms with Gasteiger partial charge in [-0.1, -0.05) is 17.7 Å². The fourth-order valence-corrected chi connectivity index (χ4v) is 3.39. The van der Waals surface area contributed by atoms with Crippen LogP contribution in [0.15, 0.2) is 54.1 Å². The van der Waals surface area contributed by atoms with E-state index in [1.807, 2.05) is 0 Å². The second-order valence-electron chi connectivity index (χ2n) is 6.71.